The van der Waals surface area contributed by atoms with Crippen LogP contribution in [-0.4, -0.2) is 26.7 Å². The molecular formula is C17H18ClN5O. The second-order valence-electron chi connectivity index (χ2n) is 5.34. The fraction of sp³-hybridized carbons (Fsp3) is 0.294. The first-order valence-corrected chi connectivity index (χ1v) is 8.19. The zero-order chi connectivity index (χ0) is 16.9. The van der Waals surface area contributed by atoms with Crippen LogP contribution < -0.4 is 5.32 Å². The average molecular weight is 344 g/mol. The van der Waals surface area contributed by atoms with Crippen molar-refractivity contribution < 1.29 is 4.52 Å². The highest BCUT2D eigenvalue weighted by molar-refractivity contribution is 6.30. The summed E-state index contributed by atoms with van der Waals surface area (Å²) < 4.78 is 5.29. The number of hydrogen-bond acceptors (Lipinski definition) is 6. The van der Waals surface area contributed by atoms with E-state index in [1.807, 2.05) is 37.3 Å². The van der Waals surface area contributed by atoms with E-state index in [0.29, 0.717) is 29.7 Å². The summed E-state index contributed by atoms with van der Waals surface area (Å²) in [6, 6.07) is 9.33. The summed E-state index contributed by atoms with van der Waals surface area (Å²) in [6.07, 6.45) is 1.49. The van der Waals surface area contributed by atoms with E-state index < -0.39 is 0 Å². The number of nitrogens with zero attached hydrogens (tertiary/aromatic N) is 4. The van der Waals surface area contributed by atoms with Crippen molar-refractivity contribution in [2.75, 3.05) is 11.9 Å². The number of nitrogens with one attached hydrogen (secondary N) is 1. The molecule has 6 nitrogen and oxygen atoms in total. The van der Waals surface area contributed by atoms with Crippen molar-refractivity contribution in [3.05, 3.63) is 52.8 Å². The molecule has 0 saturated heterocycles. The Labute approximate surface area is 145 Å². The van der Waals surface area contributed by atoms with E-state index in [1.54, 1.807) is 0 Å². The minimum Gasteiger partial charge on any atom is -0.369 e. The van der Waals surface area contributed by atoms with Gasteiger partial charge < -0.3 is 9.84 Å². The van der Waals surface area contributed by atoms with Crippen molar-refractivity contribution in [3.63, 3.8) is 0 Å². The number of rotatable bonds is 6. The van der Waals surface area contributed by atoms with Crippen molar-refractivity contribution in [2.24, 2.45) is 0 Å². The first kappa shape index (κ1) is 16.4. The molecule has 0 aliphatic carbocycles. The maximum atomic E-state index is 5.98. The van der Waals surface area contributed by atoms with Gasteiger partial charge in [-0.05, 0) is 25.5 Å². The lowest BCUT2D eigenvalue weighted by molar-refractivity contribution is 0.381. The summed E-state index contributed by atoms with van der Waals surface area (Å²) in [7, 11) is 0. The van der Waals surface area contributed by atoms with Crippen molar-refractivity contribution in [2.45, 2.75) is 26.7 Å². The Balaban J connectivity index is 1.61. The molecule has 0 saturated carbocycles. The number of aromatic nitrogens is 4. The maximum absolute atomic E-state index is 5.98. The first-order valence-electron chi connectivity index (χ1n) is 7.81. The van der Waals surface area contributed by atoms with Crippen LogP contribution in [0.1, 0.15) is 24.3 Å². The summed E-state index contributed by atoms with van der Waals surface area (Å²) in [4.78, 5) is 13.1. The van der Waals surface area contributed by atoms with Gasteiger partial charge in [-0.15, -0.1) is 0 Å². The molecular weight excluding hydrogens is 326 g/mol. The SMILES string of the molecule is CCc1cc(NCCc2nc(-c3cccc(Cl)c3)no2)nc(C)n1. The van der Waals surface area contributed by atoms with Gasteiger partial charge in [-0.3, -0.25) is 0 Å². The molecule has 0 aliphatic heterocycles. The van der Waals surface area contributed by atoms with E-state index in [1.165, 1.54) is 0 Å². The third-order valence-corrected chi connectivity index (χ3v) is 3.68. The zero-order valence-electron chi connectivity index (χ0n) is 13.6. The molecule has 7 heteroatoms. The molecule has 0 radical (unpaired) electrons. The van der Waals surface area contributed by atoms with E-state index >= 15 is 0 Å². The van der Waals surface area contributed by atoms with Crippen LogP contribution in [0.3, 0.4) is 0 Å². The average Bonchev–Trinajstić information content (AvgIpc) is 3.03. The molecule has 0 aliphatic rings. The molecule has 0 fully saturated rings. The predicted octanol–water partition coefficient (Wildman–Crippen LogP) is 3.71. The molecule has 2 heterocycles. The van der Waals surface area contributed by atoms with Gasteiger partial charge in [-0.25, -0.2) is 9.97 Å². The van der Waals surface area contributed by atoms with Crippen LogP contribution in [0.2, 0.25) is 5.02 Å². The summed E-state index contributed by atoms with van der Waals surface area (Å²) >= 11 is 5.98. The Hall–Kier alpha value is -2.47. The van der Waals surface area contributed by atoms with Crippen LogP contribution in [0.5, 0.6) is 0 Å². The fourth-order valence-corrected chi connectivity index (χ4v) is 2.49. The van der Waals surface area contributed by atoms with Crippen molar-refractivity contribution >= 4 is 17.4 Å². The number of halogens is 1. The third kappa shape index (κ3) is 4.08. The lowest BCUT2D eigenvalue weighted by Crippen LogP contribution is -2.08. The topological polar surface area (TPSA) is 76.7 Å². The largest absolute Gasteiger partial charge is 0.369 e. The molecule has 0 atom stereocenters. The Bertz CT molecular complexity index is 833. The van der Waals surface area contributed by atoms with Gasteiger partial charge >= 0.3 is 0 Å². The molecule has 1 aromatic carbocycles. The van der Waals surface area contributed by atoms with E-state index in [2.05, 4.69) is 32.3 Å². The summed E-state index contributed by atoms with van der Waals surface area (Å²) in [5.41, 5.74) is 1.86. The zero-order valence-corrected chi connectivity index (χ0v) is 14.3. The van der Waals surface area contributed by atoms with Crippen molar-refractivity contribution in [3.8, 4) is 11.4 Å². The highest BCUT2D eigenvalue weighted by Crippen LogP contribution is 2.20. The van der Waals surface area contributed by atoms with Gasteiger partial charge in [0.2, 0.25) is 11.7 Å². The van der Waals surface area contributed by atoms with Crippen LogP contribution >= 0.6 is 11.6 Å². The first-order chi connectivity index (χ1) is 11.6. The monoisotopic (exact) mass is 343 g/mol. The fourth-order valence-electron chi connectivity index (χ4n) is 2.30. The Kier molecular flexibility index (Phi) is 5.05. The van der Waals surface area contributed by atoms with Crippen LogP contribution in [0, 0.1) is 6.92 Å². The molecule has 3 rings (SSSR count). The van der Waals surface area contributed by atoms with E-state index in [0.717, 1.165) is 29.3 Å². The number of benzene rings is 1. The smallest absolute Gasteiger partial charge is 0.228 e. The minimum absolute atomic E-state index is 0.540. The second-order valence-corrected chi connectivity index (χ2v) is 5.78. The Morgan fingerprint density at radius 1 is 1.17 bits per heavy atom. The van der Waals surface area contributed by atoms with Gasteiger partial charge in [-0.2, -0.15) is 4.98 Å². The van der Waals surface area contributed by atoms with Gasteiger partial charge in [0.05, 0.1) is 0 Å². The summed E-state index contributed by atoms with van der Waals surface area (Å²) in [6.45, 7) is 4.61. The molecule has 0 amide bonds. The van der Waals surface area contributed by atoms with E-state index in [4.69, 9.17) is 16.1 Å². The van der Waals surface area contributed by atoms with Crippen LogP contribution in [0.15, 0.2) is 34.9 Å². The van der Waals surface area contributed by atoms with E-state index in [-0.39, 0.29) is 0 Å². The van der Waals surface area contributed by atoms with Gasteiger partial charge in [0.15, 0.2) is 0 Å². The van der Waals surface area contributed by atoms with Gasteiger partial charge in [-0.1, -0.05) is 35.8 Å². The second kappa shape index (κ2) is 7.40. The Morgan fingerprint density at radius 2 is 2.04 bits per heavy atom. The lowest BCUT2D eigenvalue weighted by Gasteiger charge is -2.06. The molecule has 0 unspecified atom stereocenters. The molecule has 1 N–H and O–H groups in total. The molecule has 24 heavy (non-hydrogen) atoms. The summed E-state index contributed by atoms with van der Waals surface area (Å²) in [5, 5.41) is 7.91. The van der Waals surface area contributed by atoms with Gasteiger partial charge in [0.1, 0.15) is 11.6 Å². The predicted molar refractivity (Wildman–Crippen MR) is 93.1 cm³/mol. The number of aryl methyl sites for hydroxylation is 2. The highest BCUT2D eigenvalue weighted by atomic mass is 35.5. The minimum atomic E-state index is 0.540. The van der Waals surface area contributed by atoms with Crippen LogP contribution in [0.4, 0.5) is 5.82 Å². The molecule has 124 valence electrons. The summed E-state index contributed by atoms with van der Waals surface area (Å²) in [5.74, 6) is 2.68. The normalized spacial score (nSPS) is 10.8. The number of hydrogen-bond donors (Lipinski definition) is 1. The van der Waals surface area contributed by atoms with Crippen molar-refractivity contribution in [1.82, 2.24) is 20.1 Å². The highest BCUT2D eigenvalue weighted by Gasteiger charge is 2.09. The standard InChI is InChI=1S/C17H18ClN5O/c1-3-14-10-15(21-11(2)20-14)19-8-7-16-22-17(23-24-16)12-5-4-6-13(18)9-12/h4-6,9-10H,3,7-8H2,1-2H3,(H,19,20,21). The van der Waals surface area contributed by atoms with Crippen LogP contribution in [-0.2, 0) is 12.8 Å². The molecule has 0 bridgehead atoms. The molecule has 0 spiro atoms. The van der Waals surface area contributed by atoms with Gasteiger partial charge in [0, 0.05) is 35.3 Å². The third-order valence-electron chi connectivity index (χ3n) is 3.45. The lowest BCUT2D eigenvalue weighted by atomic mass is 10.2. The number of anilines is 1. The van der Waals surface area contributed by atoms with Crippen LogP contribution in [0.25, 0.3) is 11.4 Å². The van der Waals surface area contributed by atoms with Crippen molar-refractivity contribution in [1.29, 1.82) is 0 Å². The Morgan fingerprint density at radius 3 is 2.83 bits per heavy atom. The molecule has 3 aromatic rings. The maximum Gasteiger partial charge on any atom is 0.228 e. The van der Waals surface area contributed by atoms with E-state index in [9.17, 15) is 0 Å². The molecule has 2 aromatic heterocycles. The quantitative estimate of drug-likeness (QED) is 0.735. The van der Waals surface area contributed by atoms with Gasteiger partial charge in [0.25, 0.3) is 0 Å².